The Morgan fingerprint density at radius 1 is 0.684 bits per heavy atom. The number of aryl methyl sites for hydroxylation is 1. The number of aliphatic imine (C=N–C) groups is 1. The molecule has 7 rings (SSSR count). The van der Waals surface area contributed by atoms with E-state index in [1.807, 2.05) is 6.21 Å². The van der Waals surface area contributed by atoms with E-state index in [1.54, 1.807) is 0 Å². The summed E-state index contributed by atoms with van der Waals surface area (Å²) in [5.74, 6) is 0.834. The van der Waals surface area contributed by atoms with Crippen LogP contribution in [-0.4, -0.2) is 19.0 Å². The van der Waals surface area contributed by atoms with Crippen LogP contribution >= 0.6 is 0 Å². The molecular weight excluding hydrogens is 464 g/mol. The number of rotatable bonds is 2. The highest BCUT2D eigenvalue weighted by molar-refractivity contribution is 6.03. The maximum absolute atomic E-state index is 7.02. The zero-order valence-electron chi connectivity index (χ0n) is 22.2. The Bertz CT molecular complexity index is 1740. The van der Waals surface area contributed by atoms with Gasteiger partial charge in [-0.15, -0.1) is 0 Å². The van der Waals surface area contributed by atoms with Crippen molar-refractivity contribution in [1.82, 2.24) is 0 Å². The van der Waals surface area contributed by atoms with Gasteiger partial charge in [-0.1, -0.05) is 78.9 Å². The molecule has 1 unspecified atom stereocenters. The van der Waals surface area contributed by atoms with Gasteiger partial charge in [-0.25, -0.2) is 0 Å². The predicted octanol–water partition coefficient (Wildman–Crippen LogP) is 8.70. The average Bonchev–Trinajstić information content (AvgIpc) is 3.11. The molecule has 3 heteroatoms. The highest BCUT2D eigenvalue weighted by atomic mass is 16.5. The van der Waals surface area contributed by atoms with Crippen LogP contribution in [0.1, 0.15) is 25.0 Å². The summed E-state index contributed by atoms with van der Waals surface area (Å²) in [7, 11) is 2.12. The number of anilines is 1. The second-order valence-electron chi connectivity index (χ2n) is 11.0. The largest absolute Gasteiger partial charge is 0.459 e. The van der Waals surface area contributed by atoms with Crippen molar-refractivity contribution < 1.29 is 4.74 Å². The molecule has 5 aromatic rings. The van der Waals surface area contributed by atoms with Crippen LogP contribution in [0, 0.1) is 6.92 Å². The van der Waals surface area contributed by atoms with E-state index in [0.717, 1.165) is 16.8 Å². The molecule has 0 saturated heterocycles. The molecule has 38 heavy (non-hydrogen) atoms. The standard InChI is InChI=1S/C35H30N2O/c1-23-19-32-33(28-17-15-26(20-29(23)28)24-11-7-5-8-12-24)36-22-35(38-32)34(2,3)30-21-27(16-18-31(30)37(35)4)25-13-9-6-10-14-25/h5-22H,1-4H3. The lowest BCUT2D eigenvalue weighted by atomic mass is 9.77. The third-order valence-corrected chi connectivity index (χ3v) is 8.55. The molecule has 186 valence electrons. The fraction of sp³-hybridized carbons (Fsp3) is 0.171. The maximum atomic E-state index is 7.02. The number of hydrogen-bond acceptors (Lipinski definition) is 3. The summed E-state index contributed by atoms with van der Waals surface area (Å²) in [6, 6.07) is 36.6. The van der Waals surface area contributed by atoms with E-state index in [2.05, 4.69) is 136 Å². The lowest BCUT2D eigenvalue weighted by molar-refractivity contribution is 0.0826. The lowest BCUT2D eigenvalue weighted by Gasteiger charge is -2.45. The van der Waals surface area contributed by atoms with Crippen LogP contribution in [0.25, 0.3) is 33.0 Å². The Hall–Kier alpha value is -4.37. The van der Waals surface area contributed by atoms with Gasteiger partial charge in [-0.3, -0.25) is 4.99 Å². The zero-order valence-corrected chi connectivity index (χ0v) is 22.2. The first-order valence-corrected chi connectivity index (χ1v) is 13.2. The molecule has 0 bridgehead atoms. The first kappa shape index (κ1) is 22.8. The normalized spacial score (nSPS) is 18.9. The van der Waals surface area contributed by atoms with Gasteiger partial charge in [0.25, 0.3) is 0 Å². The molecule has 2 heterocycles. The van der Waals surface area contributed by atoms with E-state index in [4.69, 9.17) is 9.73 Å². The van der Waals surface area contributed by atoms with Crippen molar-refractivity contribution in [2.45, 2.75) is 31.9 Å². The molecule has 0 radical (unpaired) electrons. The first-order valence-electron chi connectivity index (χ1n) is 13.2. The number of nitrogens with zero attached hydrogens (tertiary/aromatic N) is 2. The fourth-order valence-corrected chi connectivity index (χ4v) is 6.29. The summed E-state index contributed by atoms with van der Waals surface area (Å²) < 4.78 is 7.02. The summed E-state index contributed by atoms with van der Waals surface area (Å²) in [6.07, 6.45) is 2.03. The Balaban J connectivity index is 1.33. The molecule has 0 aromatic heterocycles. The maximum Gasteiger partial charge on any atom is 0.228 e. The smallest absolute Gasteiger partial charge is 0.228 e. The second kappa shape index (κ2) is 8.06. The van der Waals surface area contributed by atoms with E-state index >= 15 is 0 Å². The van der Waals surface area contributed by atoms with Gasteiger partial charge in [0.15, 0.2) is 0 Å². The van der Waals surface area contributed by atoms with Gasteiger partial charge in [-0.05, 0) is 83.8 Å². The quantitative estimate of drug-likeness (QED) is 0.245. The predicted molar refractivity (Wildman–Crippen MR) is 159 cm³/mol. The lowest BCUT2D eigenvalue weighted by Crippen LogP contribution is -2.61. The zero-order chi connectivity index (χ0) is 26.1. The van der Waals surface area contributed by atoms with Crippen LogP contribution in [0.15, 0.2) is 108 Å². The van der Waals surface area contributed by atoms with Crippen molar-refractivity contribution in [1.29, 1.82) is 0 Å². The highest BCUT2D eigenvalue weighted by Crippen LogP contribution is 2.55. The van der Waals surface area contributed by atoms with Crippen molar-refractivity contribution in [3.05, 3.63) is 114 Å². The number of hydrogen-bond donors (Lipinski definition) is 0. The van der Waals surface area contributed by atoms with Gasteiger partial charge in [-0.2, -0.15) is 0 Å². The Labute approximate surface area is 224 Å². The van der Waals surface area contributed by atoms with Crippen LogP contribution in [0.5, 0.6) is 5.75 Å². The molecule has 2 aliphatic rings. The minimum atomic E-state index is -0.720. The monoisotopic (exact) mass is 494 g/mol. The van der Waals surface area contributed by atoms with E-state index in [0.29, 0.717) is 0 Å². The van der Waals surface area contributed by atoms with Crippen molar-refractivity contribution in [3.8, 4) is 28.0 Å². The molecule has 5 aromatic carbocycles. The van der Waals surface area contributed by atoms with Crippen molar-refractivity contribution >= 4 is 28.4 Å². The number of likely N-dealkylation sites (N-methyl/N-ethyl adjacent to an activating group) is 1. The SMILES string of the molecule is Cc1cc2c(c3ccc(-c4ccccc4)cc13)N=CC1(O2)N(C)c2ccc(-c3ccccc3)cc2C1(C)C. The van der Waals surface area contributed by atoms with Gasteiger partial charge in [0.2, 0.25) is 5.72 Å². The van der Waals surface area contributed by atoms with E-state index in [-0.39, 0.29) is 5.41 Å². The van der Waals surface area contributed by atoms with Crippen LogP contribution in [0.2, 0.25) is 0 Å². The van der Waals surface area contributed by atoms with Gasteiger partial charge in [0.05, 0.1) is 11.6 Å². The molecular formula is C35H30N2O. The molecule has 0 aliphatic carbocycles. The van der Waals surface area contributed by atoms with Crippen molar-refractivity contribution in [2.24, 2.45) is 4.99 Å². The third-order valence-electron chi connectivity index (χ3n) is 8.55. The van der Waals surface area contributed by atoms with Crippen molar-refractivity contribution in [3.63, 3.8) is 0 Å². The Morgan fingerprint density at radius 2 is 1.32 bits per heavy atom. The van der Waals surface area contributed by atoms with Gasteiger partial charge in [0, 0.05) is 18.1 Å². The molecule has 1 spiro atoms. The fourth-order valence-electron chi connectivity index (χ4n) is 6.29. The summed E-state index contributed by atoms with van der Waals surface area (Å²) in [5.41, 5.74) is 8.34. The topological polar surface area (TPSA) is 24.8 Å². The molecule has 0 N–H and O–H groups in total. The van der Waals surface area contributed by atoms with Crippen LogP contribution in [-0.2, 0) is 5.41 Å². The van der Waals surface area contributed by atoms with Gasteiger partial charge < -0.3 is 9.64 Å². The number of ether oxygens (including phenoxy) is 1. The molecule has 0 fully saturated rings. The Morgan fingerprint density at radius 3 is 2.00 bits per heavy atom. The molecule has 3 nitrogen and oxygen atoms in total. The van der Waals surface area contributed by atoms with E-state index in [9.17, 15) is 0 Å². The van der Waals surface area contributed by atoms with Gasteiger partial charge in [0.1, 0.15) is 11.4 Å². The highest BCUT2D eigenvalue weighted by Gasteiger charge is 2.58. The molecule has 1 atom stereocenters. The first-order chi connectivity index (χ1) is 18.4. The van der Waals surface area contributed by atoms with Crippen LogP contribution < -0.4 is 9.64 Å². The van der Waals surface area contributed by atoms with Crippen LogP contribution in [0.3, 0.4) is 0 Å². The number of fused-ring (bicyclic) bond motifs is 4. The van der Waals surface area contributed by atoms with E-state index in [1.165, 1.54) is 44.5 Å². The molecule has 0 amide bonds. The minimum absolute atomic E-state index is 0.330. The second-order valence-corrected chi connectivity index (χ2v) is 11.0. The average molecular weight is 495 g/mol. The van der Waals surface area contributed by atoms with E-state index < -0.39 is 5.72 Å². The summed E-state index contributed by atoms with van der Waals surface area (Å²) in [5, 5.41) is 2.32. The van der Waals surface area contributed by atoms with Crippen LogP contribution in [0.4, 0.5) is 11.4 Å². The molecule has 2 aliphatic heterocycles. The Kier molecular flexibility index (Phi) is 4.84. The molecule has 0 saturated carbocycles. The third kappa shape index (κ3) is 3.11. The number of benzene rings is 5. The van der Waals surface area contributed by atoms with Gasteiger partial charge >= 0.3 is 0 Å². The summed E-state index contributed by atoms with van der Waals surface area (Å²) >= 11 is 0. The summed E-state index contributed by atoms with van der Waals surface area (Å²) in [6.45, 7) is 6.69. The van der Waals surface area contributed by atoms with Crippen molar-refractivity contribution in [2.75, 3.05) is 11.9 Å². The minimum Gasteiger partial charge on any atom is -0.459 e. The summed E-state index contributed by atoms with van der Waals surface area (Å²) in [4.78, 5) is 7.37.